The number of anilines is 1. The van der Waals surface area contributed by atoms with Crippen LogP contribution in [0.3, 0.4) is 0 Å². The van der Waals surface area contributed by atoms with Gasteiger partial charge in [-0.1, -0.05) is 6.07 Å². The van der Waals surface area contributed by atoms with E-state index in [9.17, 15) is 9.59 Å². The number of nitrogens with one attached hydrogen (secondary N) is 1. The van der Waals surface area contributed by atoms with Gasteiger partial charge in [-0.25, -0.2) is 0 Å². The summed E-state index contributed by atoms with van der Waals surface area (Å²) in [6.07, 6.45) is 0.281. The van der Waals surface area contributed by atoms with Crippen molar-refractivity contribution in [2.45, 2.75) is 19.4 Å². The topological polar surface area (TPSA) is 67.9 Å². The molecule has 1 heterocycles. The smallest absolute Gasteiger partial charge is 0.251 e. The Morgan fingerprint density at radius 2 is 1.96 bits per heavy atom. The summed E-state index contributed by atoms with van der Waals surface area (Å²) in [5.74, 6) is 1.17. The molecule has 1 saturated heterocycles. The van der Waals surface area contributed by atoms with Crippen LogP contribution < -0.4 is 19.7 Å². The number of carbonyl (C=O) groups excluding carboxylic acids is 2. The van der Waals surface area contributed by atoms with Gasteiger partial charge in [0, 0.05) is 24.2 Å². The standard InChI is InChI=1S/C20H22N2O4/c1-3-26-17-9-7-16(8-10-17)22-13-15(12-19(22)23)21-20(24)14-5-4-6-18(11-14)25-2/h4-11,15H,3,12-13H2,1-2H3,(H,21,24). The Hall–Kier alpha value is -3.02. The minimum Gasteiger partial charge on any atom is -0.497 e. The van der Waals surface area contributed by atoms with E-state index in [0.717, 1.165) is 11.4 Å². The molecule has 1 N–H and O–H groups in total. The lowest BCUT2D eigenvalue weighted by Crippen LogP contribution is -2.37. The minimum atomic E-state index is -0.229. The van der Waals surface area contributed by atoms with Crippen molar-refractivity contribution in [1.29, 1.82) is 0 Å². The zero-order valence-corrected chi connectivity index (χ0v) is 14.9. The van der Waals surface area contributed by atoms with Gasteiger partial charge in [-0.2, -0.15) is 0 Å². The molecule has 0 spiro atoms. The molecule has 2 aromatic rings. The highest BCUT2D eigenvalue weighted by atomic mass is 16.5. The highest BCUT2D eigenvalue weighted by Gasteiger charge is 2.31. The Kier molecular flexibility index (Phi) is 5.41. The van der Waals surface area contributed by atoms with Crippen LogP contribution >= 0.6 is 0 Å². The van der Waals surface area contributed by atoms with E-state index in [2.05, 4.69) is 5.32 Å². The van der Waals surface area contributed by atoms with E-state index in [1.54, 1.807) is 36.3 Å². The molecule has 0 aliphatic carbocycles. The Bertz CT molecular complexity index is 789. The number of hydrogen-bond donors (Lipinski definition) is 1. The zero-order valence-electron chi connectivity index (χ0n) is 14.9. The molecule has 1 atom stereocenters. The first-order chi connectivity index (χ1) is 12.6. The first-order valence-electron chi connectivity index (χ1n) is 8.59. The Morgan fingerprint density at radius 3 is 2.65 bits per heavy atom. The Labute approximate surface area is 152 Å². The van der Waals surface area contributed by atoms with Crippen molar-refractivity contribution in [1.82, 2.24) is 5.32 Å². The van der Waals surface area contributed by atoms with Crippen LogP contribution in [0.5, 0.6) is 11.5 Å². The van der Waals surface area contributed by atoms with Crippen LogP contribution in [0.4, 0.5) is 5.69 Å². The van der Waals surface area contributed by atoms with Crippen LogP contribution in [-0.4, -0.2) is 38.1 Å². The lowest BCUT2D eigenvalue weighted by molar-refractivity contribution is -0.117. The molecule has 0 saturated carbocycles. The average Bonchev–Trinajstić information content (AvgIpc) is 3.02. The van der Waals surface area contributed by atoms with Gasteiger partial charge in [0.1, 0.15) is 11.5 Å². The second kappa shape index (κ2) is 7.91. The van der Waals surface area contributed by atoms with Gasteiger partial charge in [0.05, 0.1) is 19.8 Å². The Morgan fingerprint density at radius 1 is 1.19 bits per heavy atom. The maximum Gasteiger partial charge on any atom is 0.251 e. The summed E-state index contributed by atoms with van der Waals surface area (Å²) in [5.41, 5.74) is 1.31. The van der Waals surface area contributed by atoms with Gasteiger partial charge in [0.2, 0.25) is 5.91 Å². The monoisotopic (exact) mass is 354 g/mol. The molecule has 1 unspecified atom stereocenters. The van der Waals surface area contributed by atoms with Gasteiger partial charge < -0.3 is 19.7 Å². The minimum absolute atomic E-state index is 0.00916. The van der Waals surface area contributed by atoms with Crippen LogP contribution in [-0.2, 0) is 4.79 Å². The zero-order chi connectivity index (χ0) is 18.5. The molecule has 1 aliphatic heterocycles. The number of methoxy groups -OCH3 is 1. The third-order valence-electron chi connectivity index (χ3n) is 4.25. The number of benzene rings is 2. The average molecular weight is 354 g/mol. The van der Waals surface area contributed by atoms with E-state index in [1.165, 1.54) is 0 Å². The summed E-state index contributed by atoms with van der Waals surface area (Å²) in [4.78, 5) is 26.4. The number of rotatable bonds is 6. The fraction of sp³-hybridized carbons (Fsp3) is 0.300. The lowest BCUT2D eigenvalue weighted by atomic mass is 10.1. The predicted molar refractivity (Wildman–Crippen MR) is 98.8 cm³/mol. The third-order valence-corrected chi connectivity index (χ3v) is 4.25. The van der Waals surface area contributed by atoms with Crippen LogP contribution in [0, 0.1) is 0 Å². The molecule has 2 aromatic carbocycles. The van der Waals surface area contributed by atoms with Gasteiger partial charge in [0.25, 0.3) is 5.91 Å². The summed E-state index contributed by atoms with van der Waals surface area (Å²) >= 11 is 0. The molecule has 136 valence electrons. The van der Waals surface area contributed by atoms with Crippen LogP contribution in [0.2, 0.25) is 0 Å². The fourth-order valence-electron chi connectivity index (χ4n) is 2.98. The van der Waals surface area contributed by atoms with Crippen molar-refractivity contribution < 1.29 is 19.1 Å². The second-order valence-corrected chi connectivity index (χ2v) is 6.04. The molecule has 0 bridgehead atoms. The quantitative estimate of drug-likeness (QED) is 0.866. The van der Waals surface area contributed by atoms with E-state index < -0.39 is 0 Å². The van der Waals surface area contributed by atoms with Crippen LogP contribution in [0.1, 0.15) is 23.7 Å². The summed E-state index contributed by atoms with van der Waals surface area (Å²) in [6.45, 7) is 2.97. The number of ether oxygens (including phenoxy) is 2. The largest absolute Gasteiger partial charge is 0.497 e. The number of amides is 2. The molecule has 0 aromatic heterocycles. The molecule has 6 heteroatoms. The van der Waals surface area contributed by atoms with Gasteiger partial charge in [0.15, 0.2) is 0 Å². The van der Waals surface area contributed by atoms with E-state index >= 15 is 0 Å². The summed E-state index contributed by atoms with van der Waals surface area (Å²) in [7, 11) is 1.56. The van der Waals surface area contributed by atoms with Crippen LogP contribution in [0.25, 0.3) is 0 Å². The number of hydrogen-bond acceptors (Lipinski definition) is 4. The molecule has 26 heavy (non-hydrogen) atoms. The number of nitrogens with zero attached hydrogens (tertiary/aromatic N) is 1. The molecule has 2 amide bonds. The third kappa shape index (κ3) is 3.96. The van der Waals surface area contributed by atoms with Crippen molar-refractivity contribution in [2.24, 2.45) is 0 Å². The maximum atomic E-state index is 12.4. The predicted octanol–water partition coefficient (Wildman–Crippen LogP) is 2.63. The molecule has 1 fully saturated rings. The molecule has 1 aliphatic rings. The highest BCUT2D eigenvalue weighted by molar-refractivity contribution is 5.99. The van der Waals surface area contributed by atoms with Gasteiger partial charge >= 0.3 is 0 Å². The first-order valence-corrected chi connectivity index (χ1v) is 8.59. The summed E-state index contributed by atoms with van der Waals surface area (Å²) < 4.78 is 10.6. The van der Waals surface area contributed by atoms with E-state index in [4.69, 9.17) is 9.47 Å². The fourth-order valence-corrected chi connectivity index (χ4v) is 2.98. The van der Waals surface area contributed by atoms with E-state index in [1.807, 2.05) is 31.2 Å². The first kappa shape index (κ1) is 17.8. The molecule has 0 radical (unpaired) electrons. The van der Waals surface area contributed by atoms with Crippen molar-refractivity contribution >= 4 is 17.5 Å². The summed E-state index contributed by atoms with van der Waals surface area (Å²) in [6, 6.07) is 14.1. The molecule has 6 nitrogen and oxygen atoms in total. The number of carbonyl (C=O) groups is 2. The van der Waals surface area contributed by atoms with Gasteiger partial charge in [-0.3, -0.25) is 9.59 Å². The summed E-state index contributed by atoms with van der Waals surface area (Å²) in [5, 5.41) is 2.93. The van der Waals surface area contributed by atoms with Crippen molar-refractivity contribution in [2.75, 3.05) is 25.2 Å². The van der Waals surface area contributed by atoms with Crippen LogP contribution in [0.15, 0.2) is 48.5 Å². The van der Waals surface area contributed by atoms with Gasteiger partial charge in [-0.15, -0.1) is 0 Å². The van der Waals surface area contributed by atoms with Crippen molar-refractivity contribution in [3.05, 3.63) is 54.1 Å². The van der Waals surface area contributed by atoms with Gasteiger partial charge in [-0.05, 0) is 49.4 Å². The van der Waals surface area contributed by atoms with Crippen molar-refractivity contribution in [3.8, 4) is 11.5 Å². The highest BCUT2D eigenvalue weighted by Crippen LogP contribution is 2.24. The molecule has 3 rings (SSSR count). The maximum absolute atomic E-state index is 12.4. The Balaban J connectivity index is 1.64. The van der Waals surface area contributed by atoms with Crippen molar-refractivity contribution in [3.63, 3.8) is 0 Å². The normalized spacial score (nSPS) is 16.5. The SMILES string of the molecule is CCOc1ccc(N2CC(NC(=O)c3cccc(OC)c3)CC2=O)cc1. The second-order valence-electron chi connectivity index (χ2n) is 6.04. The lowest BCUT2D eigenvalue weighted by Gasteiger charge is -2.18. The van der Waals surface area contributed by atoms with E-state index in [0.29, 0.717) is 24.5 Å². The molecular weight excluding hydrogens is 332 g/mol. The van der Waals surface area contributed by atoms with E-state index in [-0.39, 0.29) is 24.3 Å². The molecular formula is C20H22N2O4.